The normalized spacial score (nSPS) is 9.89. The third-order valence-electron chi connectivity index (χ3n) is 0.798. The van der Waals surface area contributed by atoms with E-state index in [0.29, 0.717) is 0 Å². The van der Waals surface area contributed by atoms with Gasteiger partial charge in [0.2, 0.25) is 0 Å². The van der Waals surface area contributed by atoms with Gasteiger partial charge in [0, 0.05) is 5.75 Å². The molecule has 0 fully saturated rings. The van der Waals surface area contributed by atoms with Crippen molar-refractivity contribution >= 4 is 11.8 Å². The van der Waals surface area contributed by atoms with E-state index >= 15 is 0 Å². The van der Waals surface area contributed by atoms with Gasteiger partial charge in [-0.25, -0.2) is 0 Å². The van der Waals surface area contributed by atoms with E-state index in [1.54, 1.807) is 17.8 Å². The molecule has 9 heavy (non-hydrogen) atoms. The highest BCUT2D eigenvalue weighted by Crippen LogP contribution is 2.01. The maximum Gasteiger partial charge on any atom is 0.0175 e. The summed E-state index contributed by atoms with van der Waals surface area (Å²) < 4.78 is 0. The molecule has 0 atom stereocenters. The van der Waals surface area contributed by atoms with E-state index in [1.165, 1.54) is 0 Å². The second-order valence-corrected chi connectivity index (χ2v) is 2.55. The lowest BCUT2D eigenvalue weighted by atomic mass is 10.3. The topological polar surface area (TPSA) is 0 Å². The van der Waals surface area contributed by atoms with Crippen molar-refractivity contribution in [3.63, 3.8) is 0 Å². The largest absolute Gasteiger partial charge is 0.161 e. The summed E-state index contributed by atoms with van der Waals surface area (Å²) in [5.41, 5.74) is 1.14. The fourth-order valence-corrected chi connectivity index (χ4v) is 0.905. The van der Waals surface area contributed by atoms with E-state index in [0.717, 1.165) is 11.3 Å². The van der Waals surface area contributed by atoms with Gasteiger partial charge in [-0.2, -0.15) is 11.8 Å². The van der Waals surface area contributed by atoms with Crippen molar-refractivity contribution in [2.24, 2.45) is 0 Å². The summed E-state index contributed by atoms with van der Waals surface area (Å²) in [7, 11) is 0. The smallest absolute Gasteiger partial charge is 0.0175 e. The molecule has 0 heterocycles. The molecule has 0 spiro atoms. The van der Waals surface area contributed by atoms with Gasteiger partial charge in [-0.1, -0.05) is 31.4 Å². The monoisotopic (exact) mass is 140 g/mol. The summed E-state index contributed by atoms with van der Waals surface area (Å²) in [6.45, 7) is 7.38. The summed E-state index contributed by atoms with van der Waals surface area (Å²) in [5, 5.41) is 0. The van der Waals surface area contributed by atoms with Gasteiger partial charge in [-0.05, 0) is 11.8 Å². The fraction of sp³-hybridized carbons (Fsp3) is 0.250. The number of hydrogen-bond donors (Lipinski definition) is 0. The molecular weight excluding hydrogens is 128 g/mol. The van der Waals surface area contributed by atoms with Crippen LogP contribution in [0.2, 0.25) is 0 Å². The SMILES string of the molecule is C=C/C=C\C(=C)CSC. The van der Waals surface area contributed by atoms with Crippen LogP contribution < -0.4 is 0 Å². The van der Waals surface area contributed by atoms with Crippen molar-refractivity contribution < 1.29 is 0 Å². The van der Waals surface area contributed by atoms with Gasteiger partial charge in [0.15, 0.2) is 0 Å². The summed E-state index contributed by atoms with van der Waals surface area (Å²) in [4.78, 5) is 0. The van der Waals surface area contributed by atoms with Crippen LogP contribution in [0.25, 0.3) is 0 Å². The molecule has 0 nitrogen and oxygen atoms in total. The van der Waals surface area contributed by atoms with Gasteiger partial charge >= 0.3 is 0 Å². The number of hydrogen-bond acceptors (Lipinski definition) is 1. The van der Waals surface area contributed by atoms with Crippen molar-refractivity contribution in [2.75, 3.05) is 12.0 Å². The number of thioether (sulfide) groups is 1. The van der Waals surface area contributed by atoms with Crippen LogP contribution in [0.5, 0.6) is 0 Å². The van der Waals surface area contributed by atoms with E-state index in [2.05, 4.69) is 19.4 Å². The van der Waals surface area contributed by atoms with Crippen LogP contribution in [0, 0.1) is 0 Å². The zero-order valence-electron chi connectivity index (χ0n) is 5.76. The molecule has 50 valence electrons. The van der Waals surface area contributed by atoms with Crippen molar-refractivity contribution in [1.29, 1.82) is 0 Å². The highest BCUT2D eigenvalue weighted by molar-refractivity contribution is 7.98. The van der Waals surface area contributed by atoms with Gasteiger partial charge in [-0.15, -0.1) is 0 Å². The first-order valence-corrected chi connectivity index (χ1v) is 4.16. The van der Waals surface area contributed by atoms with Crippen molar-refractivity contribution in [2.45, 2.75) is 0 Å². The van der Waals surface area contributed by atoms with Crippen LogP contribution in [0.3, 0.4) is 0 Å². The first kappa shape index (κ1) is 8.57. The zero-order chi connectivity index (χ0) is 7.11. The Bertz CT molecular complexity index is 123. The second-order valence-electron chi connectivity index (χ2n) is 1.69. The van der Waals surface area contributed by atoms with Gasteiger partial charge in [0.05, 0.1) is 0 Å². The molecule has 0 aliphatic heterocycles. The standard InChI is InChI=1S/C8H12S/c1-4-5-6-8(2)7-9-3/h4-6H,1-2,7H2,3H3/b6-5-. The Morgan fingerprint density at radius 2 is 2.33 bits per heavy atom. The minimum Gasteiger partial charge on any atom is -0.161 e. The highest BCUT2D eigenvalue weighted by atomic mass is 32.2. The molecule has 0 radical (unpaired) electrons. The molecule has 0 amide bonds. The Labute approximate surface area is 61.3 Å². The molecule has 0 aliphatic carbocycles. The zero-order valence-corrected chi connectivity index (χ0v) is 6.58. The Morgan fingerprint density at radius 1 is 1.67 bits per heavy atom. The van der Waals surface area contributed by atoms with E-state index in [9.17, 15) is 0 Å². The molecule has 0 saturated carbocycles. The summed E-state index contributed by atoms with van der Waals surface area (Å²) in [6, 6.07) is 0. The van der Waals surface area contributed by atoms with Crippen LogP contribution >= 0.6 is 11.8 Å². The molecule has 1 heteroatoms. The average molecular weight is 140 g/mol. The first-order valence-electron chi connectivity index (χ1n) is 2.77. The fourth-order valence-electron chi connectivity index (χ4n) is 0.438. The minimum atomic E-state index is 1.00. The van der Waals surface area contributed by atoms with Crippen LogP contribution in [-0.4, -0.2) is 12.0 Å². The lowest BCUT2D eigenvalue weighted by Gasteiger charge is -1.91. The second kappa shape index (κ2) is 5.70. The van der Waals surface area contributed by atoms with E-state index in [-0.39, 0.29) is 0 Å². The lowest BCUT2D eigenvalue weighted by molar-refractivity contribution is 1.59. The van der Waals surface area contributed by atoms with Crippen LogP contribution in [-0.2, 0) is 0 Å². The molecule has 0 N–H and O–H groups in total. The van der Waals surface area contributed by atoms with Gasteiger partial charge < -0.3 is 0 Å². The molecule has 0 bridgehead atoms. The number of allylic oxidation sites excluding steroid dienone is 3. The van der Waals surface area contributed by atoms with Gasteiger partial charge in [-0.3, -0.25) is 0 Å². The Kier molecular flexibility index (Phi) is 5.43. The van der Waals surface area contributed by atoms with E-state index in [1.807, 2.05) is 12.2 Å². The first-order chi connectivity index (χ1) is 4.31. The number of rotatable bonds is 4. The molecular formula is C8H12S. The minimum absolute atomic E-state index is 1.00. The maximum atomic E-state index is 3.83. The lowest BCUT2D eigenvalue weighted by Crippen LogP contribution is -1.76. The van der Waals surface area contributed by atoms with E-state index in [4.69, 9.17) is 0 Å². The van der Waals surface area contributed by atoms with E-state index < -0.39 is 0 Å². The molecule has 0 aromatic heterocycles. The van der Waals surface area contributed by atoms with Crippen LogP contribution in [0.4, 0.5) is 0 Å². The Hall–Kier alpha value is -0.430. The molecule has 0 rings (SSSR count). The molecule has 0 saturated heterocycles. The van der Waals surface area contributed by atoms with Crippen molar-refractivity contribution in [3.8, 4) is 0 Å². The molecule has 0 unspecified atom stereocenters. The highest BCUT2D eigenvalue weighted by Gasteiger charge is 1.82. The Balaban J connectivity index is 3.49. The quantitative estimate of drug-likeness (QED) is 0.541. The average Bonchev–Trinajstić information content (AvgIpc) is 1.85. The third-order valence-corrected chi connectivity index (χ3v) is 1.46. The summed E-state index contributed by atoms with van der Waals surface area (Å²) in [5.74, 6) is 1.00. The molecule has 0 aliphatic rings. The van der Waals surface area contributed by atoms with Crippen molar-refractivity contribution in [1.82, 2.24) is 0 Å². The van der Waals surface area contributed by atoms with Crippen molar-refractivity contribution in [3.05, 3.63) is 37.0 Å². The third kappa shape index (κ3) is 5.44. The summed E-state index contributed by atoms with van der Waals surface area (Å²) >= 11 is 1.78. The molecule has 0 aromatic rings. The summed E-state index contributed by atoms with van der Waals surface area (Å²) in [6.07, 6.45) is 7.69. The maximum absolute atomic E-state index is 3.83. The van der Waals surface area contributed by atoms with Crippen LogP contribution in [0.1, 0.15) is 0 Å². The van der Waals surface area contributed by atoms with Gasteiger partial charge in [0.25, 0.3) is 0 Å². The van der Waals surface area contributed by atoms with Crippen LogP contribution in [0.15, 0.2) is 37.0 Å². The van der Waals surface area contributed by atoms with Gasteiger partial charge in [0.1, 0.15) is 0 Å². The predicted molar refractivity (Wildman–Crippen MR) is 46.9 cm³/mol. The Morgan fingerprint density at radius 3 is 2.78 bits per heavy atom. The predicted octanol–water partition coefficient (Wildman–Crippen LogP) is 2.65. The molecule has 0 aromatic carbocycles.